The van der Waals surface area contributed by atoms with E-state index in [4.69, 9.17) is 5.11 Å². The zero-order valence-corrected chi connectivity index (χ0v) is 9.52. The van der Waals surface area contributed by atoms with Crippen molar-refractivity contribution in [2.24, 2.45) is 5.92 Å². The van der Waals surface area contributed by atoms with E-state index in [2.05, 4.69) is 0 Å². The monoisotopic (exact) mass is 225 g/mol. The van der Waals surface area contributed by atoms with Crippen LogP contribution in [0.25, 0.3) is 0 Å². The lowest BCUT2D eigenvalue weighted by atomic mass is 9.89. The molecule has 2 rings (SSSR count). The molecule has 1 saturated carbocycles. The van der Waals surface area contributed by atoms with E-state index in [-0.39, 0.29) is 6.04 Å². The van der Waals surface area contributed by atoms with Crippen LogP contribution in [-0.4, -0.2) is 34.5 Å². The quantitative estimate of drug-likeness (QED) is 0.690. The molecule has 1 aliphatic carbocycles. The molecule has 0 aromatic rings. The van der Waals surface area contributed by atoms with Crippen molar-refractivity contribution in [2.75, 3.05) is 6.54 Å². The van der Waals surface area contributed by atoms with Gasteiger partial charge in [-0.15, -0.1) is 0 Å². The van der Waals surface area contributed by atoms with Crippen LogP contribution < -0.4 is 0 Å². The van der Waals surface area contributed by atoms with E-state index in [1.54, 1.807) is 4.90 Å². The first-order chi connectivity index (χ1) is 7.70. The summed E-state index contributed by atoms with van der Waals surface area (Å²) in [6.07, 6.45) is 7.85. The fourth-order valence-electron chi connectivity index (χ4n) is 3.16. The molecule has 1 heterocycles. The molecule has 0 aromatic carbocycles. The molecule has 1 N–H and O–H groups in total. The predicted molar refractivity (Wildman–Crippen MR) is 58.9 cm³/mol. The van der Waals surface area contributed by atoms with Crippen LogP contribution in [0.2, 0.25) is 0 Å². The zero-order valence-electron chi connectivity index (χ0n) is 9.52. The number of carbonyl (C=O) groups is 2. The Hall–Kier alpha value is -1.06. The Morgan fingerprint density at radius 2 is 1.62 bits per heavy atom. The normalized spacial score (nSPS) is 27.0. The lowest BCUT2D eigenvalue weighted by Crippen LogP contribution is -2.49. The molecule has 4 heteroatoms. The number of hydrogen-bond donors (Lipinski definition) is 1. The molecule has 2 fully saturated rings. The summed E-state index contributed by atoms with van der Waals surface area (Å²) in [5, 5.41) is 8.80. The molecule has 1 saturated heterocycles. The van der Waals surface area contributed by atoms with Crippen LogP contribution in [-0.2, 0) is 9.59 Å². The van der Waals surface area contributed by atoms with Crippen LogP contribution in [0.1, 0.15) is 44.9 Å². The Morgan fingerprint density at radius 1 is 1.00 bits per heavy atom. The number of amides is 1. The average Bonchev–Trinajstić information content (AvgIpc) is 2.81. The van der Waals surface area contributed by atoms with Crippen LogP contribution in [0, 0.1) is 5.92 Å². The SMILES string of the molecule is O=C(O)C(=O)N1CCCCC1C1CCCC1. The number of carboxylic acids is 1. The van der Waals surface area contributed by atoms with Gasteiger partial charge in [-0.1, -0.05) is 12.8 Å². The van der Waals surface area contributed by atoms with Gasteiger partial charge < -0.3 is 10.0 Å². The van der Waals surface area contributed by atoms with Gasteiger partial charge in [0.15, 0.2) is 0 Å². The summed E-state index contributed by atoms with van der Waals surface area (Å²) in [5.41, 5.74) is 0. The number of nitrogens with zero attached hydrogens (tertiary/aromatic N) is 1. The van der Waals surface area contributed by atoms with Crippen molar-refractivity contribution in [3.63, 3.8) is 0 Å². The van der Waals surface area contributed by atoms with Gasteiger partial charge in [-0.05, 0) is 38.0 Å². The standard InChI is InChI=1S/C12H19NO3/c14-11(12(15)16)13-8-4-3-7-10(13)9-5-1-2-6-9/h9-10H,1-8H2,(H,15,16). The molecule has 1 amide bonds. The van der Waals surface area contributed by atoms with Crippen LogP contribution in [0.4, 0.5) is 0 Å². The van der Waals surface area contributed by atoms with Gasteiger partial charge in [0.2, 0.25) is 0 Å². The smallest absolute Gasteiger partial charge is 0.394 e. The third-order valence-corrected chi connectivity index (χ3v) is 3.94. The summed E-state index contributed by atoms with van der Waals surface area (Å²) in [6.45, 7) is 0.631. The van der Waals surface area contributed by atoms with Gasteiger partial charge in [0.05, 0.1) is 0 Å². The number of hydrogen-bond acceptors (Lipinski definition) is 2. The first kappa shape index (κ1) is 11.4. The fourth-order valence-corrected chi connectivity index (χ4v) is 3.16. The third-order valence-electron chi connectivity index (χ3n) is 3.94. The molecule has 0 aromatic heterocycles. The molecule has 0 bridgehead atoms. The maximum Gasteiger partial charge on any atom is 0.394 e. The van der Waals surface area contributed by atoms with Gasteiger partial charge in [0.25, 0.3) is 0 Å². The number of piperidine rings is 1. The van der Waals surface area contributed by atoms with Gasteiger partial charge in [-0.3, -0.25) is 4.79 Å². The Kier molecular flexibility index (Phi) is 3.46. The van der Waals surface area contributed by atoms with Crippen molar-refractivity contribution in [1.82, 2.24) is 4.90 Å². The van der Waals surface area contributed by atoms with Crippen molar-refractivity contribution < 1.29 is 14.7 Å². The second kappa shape index (κ2) is 4.85. The highest BCUT2D eigenvalue weighted by atomic mass is 16.4. The van der Waals surface area contributed by atoms with Crippen molar-refractivity contribution in [1.29, 1.82) is 0 Å². The maximum atomic E-state index is 11.6. The minimum absolute atomic E-state index is 0.194. The van der Waals surface area contributed by atoms with Crippen LogP contribution in [0.3, 0.4) is 0 Å². The molecular formula is C12H19NO3. The van der Waals surface area contributed by atoms with Gasteiger partial charge in [0.1, 0.15) is 0 Å². The minimum atomic E-state index is -1.30. The van der Waals surface area contributed by atoms with E-state index >= 15 is 0 Å². The summed E-state index contributed by atoms with van der Waals surface area (Å²) >= 11 is 0. The number of aliphatic carboxylic acids is 1. The Balaban J connectivity index is 2.07. The van der Waals surface area contributed by atoms with Crippen molar-refractivity contribution in [3.8, 4) is 0 Å². The van der Waals surface area contributed by atoms with E-state index in [0.717, 1.165) is 32.1 Å². The van der Waals surface area contributed by atoms with Crippen LogP contribution >= 0.6 is 0 Å². The Labute approximate surface area is 95.6 Å². The largest absolute Gasteiger partial charge is 0.474 e. The average molecular weight is 225 g/mol. The highest BCUT2D eigenvalue weighted by Gasteiger charge is 2.36. The lowest BCUT2D eigenvalue weighted by Gasteiger charge is -2.38. The Morgan fingerprint density at radius 3 is 2.25 bits per heavy atom. The third kappa shape index (κ3) is 2.20. The molecule has 90 valence electrons. The Bertz CT molecular complexity index is 284. The fraction of sp³-hybridized carbons (Fsp3) is 0.833. The molecular weight excluding hydrogens is 206 g/mol. The highest BCUT2D eigenvalue weighted by Crippen LogP contribution is 2.34. The maximum absolute atomic E-state index is 11.6. The molecule has 4 nitrogen and oxygen atoms in total. The van der Waals surface area contributed by atoms with Crippen LogP contribution in [0.5, 0.6) is 0 Å². The summed E-state index contributed by atoms with van der Waals surface area (Å²) in [5.74, 6) is -1.45. The van der Waals surface area contributed by atoms with E-state index in [1.165, 1.54) is 12.8 Å². The van der Waals surface area contributed by atoms with Gasteiger partial charge in [0, 0.05) is 12.6 Å². The minimum Gasteiger partial charge on any atom is -0.474 e. The van der Waals surface area contributed by atoms with E-state index in [0.29, 0.717) is 12.5 Å². The second-order valence-electron chi connectivity index (χ2n) is 4.91. The van der Waals surface area contributed by atoms with Crippen molar-refractivity contribution in [2.45, 2.75) is 51.0 Å². The lowest BCUT2D eigenvalue weighted by molar-refractivity contribution is -0.158. The summed E-state index contributed by atoms with van der Waals surface area (Å²) in [6, 6.07) is 0.194. The predicted octanol–water partition coefficient (Wildman–Crippen LogP) is 1.64. The molecule has 1 atom stereocenters. The molecule has 0 spiro atoms. The van der Waals surface area contributed by atoms with Gasteiger partial charge in [-0.25, -0.2) is 4.79 Å². The number of carboxylic acid groups (broad SMARTS) is 1. The van der Waals surface area contributed by atoms with E-state index < -0.39 is 11.9 Å². The molecule has 1 aliphatic heterocycles. The van der Waals surface area contributed by atoms with Crippen molar-refractivity contribution >= 4 is 11.9 Å². The van der Waals surface area contributed by atoms with Gasteiger partial charge >= 0.3 is 11.9 Å². The second-order valence-corrected chi connectivity index (χ2v) is 4.91. The summed E-state index contributed by atoms with van der Waals surface area (Å²) < 4.78 is 0. The highest BCUT2D eigenvalue weighted by molar-refractivity contribution is 6.31. The van der Waals surface area contributed by atoms with E-state index in [9.17, 15) is 9.59 Å². The first-order valence-corrected chi connectivity index (χ1v) is 6.24. The molecule has 16 heavy (non-hydrogen) atoms. The molecule has 0 radical (unpaired) electrons. The van der Waals surface area contributed by atoms with Crippen LogP contribution in [0.15, 0.2) is 0 Å². The topological polar surface area (TPSA) is 57.6 Å². The van der Waals surface area contributed by atoms with Gasteiger partial charge in [-0.2, -0.15) is 0 Å². The molecule has 1 unspecified atom stereocenters. The summed E-state index contributed by atoms with van der Waals surface area (Å²) in [7, 11) is 0. The molecule has 2 aliphatic rings. The summed E-state index contributed by atoms with van der Waals surface area (Å²) in [4.78, 5) is 24.0. The first-order valence-electron chi connectivity index (χ1n) is 6.24. The zero-order chi connectivity index (χ0) is 11.5. The van der Waals surface area contributed by atoms with Crippen molar-refractivity contribution in [3.05, 3.63) is 0 Å². The number of rotatable bonds is 1. The number of likely N-dealkylation sites (tertiary alicyclic amines) is 1. The van der Waals surface area contributed by atoms with E-state index in [1.807, 2.05) is 0 Å². The number of carbonyl (C=O) groups excluding carboxylic acids is 1.